The Morgan fingerprint density at radius 1 is 0.872 bits per heavy atom. The molecule has 5 heteroatoms. The monoisotopic (exact) mass is 533 g/mol. The molecule has 5 nitrogen and oxygen atoms in total. The predicted octanol–water partition coefficient (Wildman–Crippen LogP) is 7.13. The Kier molecular flexibility index (Phi) is 12.3. The van der Waals surface area contributed by atoms with Gasteiger partial charge in [-0.15, -0.1) is 6.42 Å². The molecule has 2 N–H and O–H groups in total. The fraction of sp³-hybridized carbons (Fsp3) is 0.529. The molecule has 1 aliphatic carbocycles. The highest BCUT2D eigenvalue weighted by Gasteiger charge is 2.41. The molecule has 1 saturated carbocycles. The van der Waals surface area contributed by atoms with Crippen molar-refractivity contribution in [2.75, 3.05) is 6.54 Å². The summed E-state index contributed by atoms with van der Waals surface area (Å²) in [6.07, 6.45) is 11.5. The summed E-state index contributed by atoms with van der Waals surface area (Å²) in [5.41, 5.74) is 3.25. The molecule has 1 saturated heterocycles. The van der Waals surface area contributed by atoms with Crippen LogP contribution in [0.1, 0.15) is 109 Å². The van der Waals surface area contributed by atoms with E-state index in [1.165, 1.54) is 17.5 Å². The third-order valence-electron chi connectivity index (χ3n) is 8.45. The van der Waals surface area contributed by atoms with Crippen molar-refractivity contribution in [2.45, 2.75) is 97.5 Å². The van der Waals surface area contributed by atoms with Crippen molar-refractivity contribution in [1.82, 2.24) is 4.90 Å². The molecule has 39 heavy (non-hydrogen) atoms. The zero-order valence-corrected chi connectivity index (χ0v) is 24.6. The summed E-state index contributed by atoms with van der Waals surface area (Å²) in [6, 6.07) is 16.0. The lowest BCUT2D eigenvalue weighted by Crippen LogP contribution is -2.31. The van der Waals surface area contributed by atoms with Crippen LogP contribution in [0.4, 0.5) is 0 Å². The average molecular weight is 534 g/mol. The number of phenols is 1. The molecule has 2 fully saturated rings. The van der Waals surface area contributed by atoms with E-state index in [1.54, 1.807) is 26.0 Å². The first kappa shape index (κ1) is 32.1. The average Bonchev–Trinajstić information content (AvgIpc) is 3.48. The minimum atomic E-state index is -0.534. The zero-order chi connectivity index (χ0) is 29.2. The van der Waals surface area contributed by atoms with E-state index < -0.39 is 5.60 Å². The summed E-state index contributed by atoms with van der Waals surface area (Å²) in [5, 5.41) is 19.5. The maximum absolute atomic E-state index is 11.3. The summed E-state index contributed by atoms with van der Waals surface area (Å²) >= 11 is 0. The largest absolute Gasteiger partial charge is 0.508 e. The van der Waals surface area contributed by atoms with E-state index >= 15 is 0 Å². The Balaban J connectivity index is 0.000000210. The van der Waals surface area contributed by atoms with Crippen molar-refractivity contribution in [2.24, 2.45) is 11.8 Å². The lowest BCUT2D eigenvalue weighted by molar-refractivity contribution is -0.138. The fourth-order valence-electron chi connectivity index (χ4n) is 4.92. The van der Waals surface area contributed by atoms with Crippen LogP contribution in [0.25, 0.3) is 0 Å². The Hall–Kier alpha value is -3.10. The van der Waals surface area contributed by atoms with Crippen LogP contribution in [0.3, 0.4) is 0 Å². The molecule has 0 bridgehead atoms. The summed E-state index contributed by atoms with van der Waals surface area (Å²) in [5.74, 6) is 3.12. The quantitative estimate of drug-likeness (QED) is 0.306. The Morgan fingerprint density at radius 3 is 1.67 bits per heavy atom. The number of carbonyl (C=O) groups excluding carboxylic acids is 2. The number of rotatable bonds is 6. The smallest absolute Gasteiger partial charge is 0.233 e. The maximum atomic E-state index is 11.3. The molecule has 4 atom stereocenters. The molecule has 2 amide bonds. The third-order valence-corrected chi connectivity index (χ3v) is 8.45. The van der Waals surface area contributed by atoms with E-state index in [0.717, 1.165) is 42.6 Å². The van der Waals surface area contributed by atoms with Gasteiger partial charge in [-0.1, -0.05) is 96.7 Å². The predicted molar refractivity (Wildman–Crippen MR) is 158 cm³/mol. The summed E-state index contributed by atoms with van der Waals surface area (Å²) < 4.78 is 0. The van der Waals surface area contributed by atoms with Gasteiger partial charge in [-0.2, -0.15) is 0 Å². The number of hydrogen-bond donors (Lipinski definition) is 2. The number of benzene rings is 2. The SMILES string of the molecule is C#CCN1C(=O)C(C)C(C)C1=O.CCC(C)c1ccc(C2(O)CCCC2)cc1.CCC(C)c1ccc(O)cc1. The van der Waals surface area contributed by atoms with Gasteiger partial charge in [0.25, 0.3) is 0 Å². The number of imide groups is 1. The minimum absolute atomic E-state index is 0.104. The molecule has 0 aromatic heterocycles. The molecule has 4 unspecified atom stereocenters. The molecule has 212 valence electrons. The normalized spacial score (nSPS) is 21.2. The van der Waals surface area contributed by atoms with Gasteiger partial charge in [-0.05, 0) is 66.3 Å². The van der Waals surface area contributed by atoms with Gasteiger partial charge < -0.3 is 10.2 Å². The van der Waals surface area contributed by atoms with E-state index in [-0.39, 0.29) is 30.2 Å². The zero-order valence-electron chi connectivity index (χ0n) is 24.6. The topological polar surface area (TPSA) is 77.8 Å². The van der Waals surface area contributed by atoms with E-state index in [0.29, 0.717) is 17.6 Å². The van der Waals surface area contributed by atoms with Crippen LogP contribution >= 0.6 is 0 Å². The number of aromatic hydroxyl groups is 1. The van der Waals surface area contributed by atoms with Crippen LogP contribution in [-0.2, 0) is 15.2 Å². The van der Waals surface area contributed by atoms with Gasteiger partial charge in [0.05, 0.1) is 12.1 Å². The number of terminal acetylenes is 1. The van der Waals surface area contributed by atoms with Crippen molar-refractivity contribution in [3.63, 3.8) is 0 Å². The summed E-state index contributed by atoms with van der Waals surface area (Å²) in [4.78, 5) is 23.8. The van der Waals surface area contributed by atoms with Crippen molar-refractivity contribution in [3.8, 4) is 18.1 Å². The van der Waals surface area contributed by atoms with Crippen LogP contribution in [0.5, 0.6) is 5.75 Å². The molecule has 2 aromatic rings. The van der Waals surface area contributed by atoms with Crippen LogP contribution in [-0.4, -0.2) is 33.5 Å². The van der Waals surface area contributed by atoms with E-state index in [4.69, 9.17) is 11.5 Å². The molecule has 1 heterocycles. The van der Waals surface area contributed by atoms with Crippen molar-refractivity contribution >= 4 is 11.8 Å². The van der Waals surface area contributed by atoms with E-state index in [2.05, 4.69) is 57.9 Å². The number of carbonyl (C=O) groups is 2. The Bertz CT molecular complexity index is 1070. The van der Waals surface area contributed by atoms with Crippen LogP contribution < -0.4 is 0 Å². The number of phenolic OH excluding ortho intramolecular Hbond substituents is 1. The van der Waals surface area contributed by atoms with Gasteiger partial charge in [0.1, 0.15) is 5.75 Å². The highest BCUT2D eigenvalue weighted by molar-refractivity contribution is 6.04. The third kappa shape index (κ3) is 8.44. The Labute approximate surface area is 235 Å². The van der Waals surface area contributed by atoms with Crippen molar-refractivity contribution in [3.05, 3.63) is 65.2 Å². The maximum Gasteiger partial charge on any atom is 0.233 e. The first-order valence-corrected chi connectivity index (χ1v) is 14.4. The molecule has 1 aliphatic heterocycles. The number of hydrogen-bond acceptors (Lipinski definition) is 4. The molecule has 2 aliphatic rings. The first-order chi connectivity index (χ1) is 18.5. The first-order valence-electron chi connectivity index (χ1n) is 14.4. The van der Waals surface area contributed by atoms with Crippen molar-refractivity contribution < 1.29 is 19.8 Å². The van der Waals surface area contributed by atoms with E-state index in [9.17, 15) is 14.7 Å². The molecular weight excluding hydrogens is 486 g/mol. The van der Waals surface area contributed by atoms with Gasteiger partial charge in [0, 0.05) is 11.8 Å². The highest BCUT2D eigenvalue weighted by atomic mass is 16.3. The second-order valence-electron chi connectivity index (χ2n) is 11.1. The van der Waals surface area contributed by atoms with Crippen LogP contribution in [0.2, 0.25) is 0 Å². The number of aliphatic hydroxyl groups is 1. The number of amides is 2. The van der Waals surface area contributed by atoms with Gasteiger partial charge >= 0.3 is 0 Å². The molecule has 2 aromatic carbocycles. The van der Waals surface area contributed by atoms with Crippen LogP contribution in [0, 0.1) is 24.2 Å². The lowest BCUT2D eigenvalue weighted by Gasteiger charge is -2.23. The van der Waals surface area contributed by atoms with Gasteiger partial charge in [0.2, 0.25) is 11.8 Å². The molecule has 4 rings (SSSR count). The summed E-state index contributed by atoms with van der Waals surface area (Å²) in [7, 11) is 0. The number of likely N-dealkylation sites (tertiary alicyclic amines) is 1. The van der Waals surface area contributed by atoms with E-state index in [1.807, 2.05) is 12.1 Å². The van der Waals surface area contributed by atoms with Crippen LogP contribution in [0.15, 0.2) is 48.5 Å². The second kappa shape index (κ2) is 14.9. The Morgan fingerprint density at radius 2 is 1.28 bits per heavy atom. The molecular formula is C34H47NO4. The molecule has 0 spiro atoms. The second-order valence-corrected chi connectivity index (χ2v) is 11.1. The summed E-state index contributed by atoms with van der Waals surface area (Å²) in [6.45, 7) is 12.4. The minimum Gasteiger partial charge on any atom is -0.508 e. The fourth-order valence-corrected chi connectivity index (χ4v) is 4.92. The van der Waals surface area contributed by atoms with Crippen molar-refractivity contribution in [1.29, 1.82) is 0 Å². The standard InChI is InChI=1S/C15H22O.C10H14O.C9H11NO2/c1-3-12(2)13-6-8-14(9-7-13)15(16)10-4-5-11-15;1-3-8(2)9-4-6-10(11)7-5-9;1-4-5-10-8(11)6(2)7(3)9(10)12/h6-9,12,16H,3-5,10-11H2,1-2H3;4-8,11H,3H2,1-2H3;1,6-7H,5H2,2-3H3. The van der Waals surface area contributed by atoms with Gasteiger partial charge in [0.15, 0.2) is 0 Å². The van der Waals surface area contributed by atoms with Gasteiger partial charge in [-0.25, -0.2) is 0 Å². The number of nitrogens with zero attached hydrogens (tertiary/aromatic N) is 1. The van der Waals surface area contributed by atoms with Gasteiger partial charge in [-0.3, -0.25) is 14.5 Å². The highest BCUT2D eigenvalue weighted by Crippen LogP contribution is 2.38. The molecule has 0 radical (unpaired) electrons. The lowest BCUT2D eigenvalue weighted by atomic mass is 9.89.